The van der Waals surface area contributed by atoms with E-state index in [1.165, 1.54) is 29.5 Å². The number of aliphatic hydroxyl groups excluding tert-OH is 1. The highest BCUT2D eigenvalue weighted by atomic mass is 32.1. The summed E-state index contributed by atoms with van der Waals surface area (Å²) in [5, 5.41) is 12.5. The number of aryl methyl sites for hydroxylation is 2. The Morgan fingerprint density at radius 1 is 1.33 bits per heavy atom. The molecule has 2 aromatic rings. The van der Waals surface area contributed by atoms with Crippen LogP contribution in [-0.4, -0.2) is 17.6 Å². The second-order valence-corrected chi connectivity index (χ2v) is 6.52. The lowest BCUT2D eigenvalue weighted by Gasteiger charge is -2.17. The maximum absolute atomic E-state index is 13.0. The molecule has 0 aliphatic heterocycles. The van der Waals surface area contributed by atoms with E-state index in [9.17, 15) is 23.1 Å². The van der Waals surface area contributed by atoms with Gasteiger partial charge in [-0.1, -0.05) is 25.1 Å². The Hall–Kier alpha value is -1.86. The van der Waals surface area contributed by atoms with Crippen molar-refractivity contribution in [1.29, 1.82) is 0 Å². The molecule has 24 heavy (non-hydrogen) atoms. The Morgan fingerprint density at radius 3 is 2.58 bits per heavy atom. The second kappa shape index (κ2) is 7.36. The third-order valence-corrected chi connectivity index (χ3v) is 5.03. The first-order chi connectivity index (χ1) is 11.2. The van der Waals surface area contributed by atoms with Gasteiger partial charge in [-0.2, -0.15) is 13.2 Å². The van der Waals surface area contributed by atoms with Gasteiger partial charge in [0.05, 0.1) is 16.5 Å². The number of hydrogen-bond donors (Lipinski definition) is 2. The highest BCUT2D eigenvalue weighted by Crippen LogP contribution is 2.34. The average Bonchev–Trinajstić information content (AvgIpc) is 2.92. The van der Waals surface area contributed by atoms with E-state index in [4.69, 9.17) is 0 Å². The molecule has 130 valence electrons. The normalized spacial score (nSPS) is 12.9. The summed E-state index contributed by atoms with van der Waals surface area (Å²) in [5.41, 5.74) is -0.135. The zero-order chi connectivity index (χ0) is 17.9. The summed E-state index contributed by atoms with van der Waals surface area (Å²) >= 11 is 1.35. The van der Waals surface area contributed by atoms with Gasteiger partial charge in [-0.05, 0) is 36.6 Å². The topological polar surface area (TPSA) is 49.3 Å². The molecule has 1 atom stereocenters. The number of aliphatic hydroxyl groups is 1. The highest BCUT2D eigenvalue weighted by molar-refractivity contribution is 7.14. The number of hydrogen-bond acceptors (Lipinski definition) is 3. The molecule has 0 saturated heterocycles. The molecule has 0 spiro atoms. The van der Waals surface area contributed by atoms with E-state index in [1.807, 2.05) is 13.8 Å². The fourth-order valence-electron chi connectivity index (χ4n) is 2.41. The van der Waals surface area contributed by atoms with Gasteiger partial charge in [0.1, 0.15) is 0 Å². The molecule has 0 radical (unpaired) electrons. The van der Waals surface area contributed by atoms with Crippen LogP contribution in [-0.2, 0) is 12.6 Å². The van der Waals surface area contributed by atoms with Crippen molar-refractivity contribution in [2.45, 2.75) is 32.5 Å². The molecular formula is C17H18F3NO2S. The number of nitrogens with one attached hydrogen (secondary N) is 1. The molecule has 0 aliphatic rings. The summed E-state index contributed by atoms with van der Waals surface area (Å²) in [6, 6.07) is 6.56. The molecule has 7 heteroatoms. The maximum Gasteiger partial charge on any atom is 0.416 e. The van der Waals surface area contributed by atoms with E-state index < -0.39 is 23.8 Å². The first-order valence-electron chi connectivity index (χ1n) is 7.45. The summed E-state index contributed by atoms with van der Waals surface area (Å²) in [6.07, 6.45) is -5.17. The quantitative estimate of drug-likeness (QED) is 0.846. The minimum atomic E-state index is -4.55. The molecular weight excluding hydrogens is 339 g/mol. The van der Waals surface area contributed by atoms with E-state index in [-0.39, 0.29) is 12.1 Å². The summed E-state index contributed by atoms with van der Waals surface area (Å²) in [7, 11) is 0. The highest BCUT2D eigenvalue weighted by Gasteiger charge is 2.34. The van der Waals surface area contributed by atoms with Crippen LogP contribution in [0.5, 0.6) is 0 Å². The summed E-state index contributed by atoms with van der Waals surface area (Å²) in [5.74, 6) is -0.397. The Kier molecular flexibility index (Phi) is 5.66. The van der Waals surface area contributed by atoms with Crippen molar-refractivity contribution in [3.8, 4) is 0 Å². The molecule has 2 N–H and O–H groups in total. The first kappa shape index (κ1) is 18.5. The van der Waals surface area contributed by atoms with Crippen LogP contribution in [0.25, 0.3) is 0 Å². The summed E-state index contributed by atoms with van der Waals surface area (Å²) in [4.78, 5) is 13.7. The molecule has 0 fully saturated rings. The molecule has 1 amide bonds. The zero-order valence-corrected chi connectivity index (χ0v) is 14.1. The average molecular weight is 357 g/mol. The van der Waals surface area contributed by atoms with Crippen molar-refractivity contribution in [2.75, 3.05) is 6.54 Å². The molecule has 2 rings (SSSR count). The molecule has 0 aliphatic carbocycles. The standard InChI is InChI=1S/C17H18F3NO2S/c1-3-14-10(2)8-15(24-14)16(23)21-9-13(22)11-6-4-5-7-12(11)17(18,19)20/h4-8,13,22H,3,9H2,1-2H3,(H,21,23). The van der Waals surface area contributed by atoms with Crippen molar-refractivity contribution < 1.29 is 23.1 Å². The van der Waals surface area contributed by atoms with Gasteiger partial charge >= 0.3 is 6.18 Å². The lowest BCUT2D eigenvalue weighted by molar-refractivity contribution is -0.139. The van der Waals surface area contributed by atoms with Gasteiger partial charge in [0, 0.05) is 11.4 Å². The summed E-state index contributed by atoms with van der Waals surface area (Å²) < 4.78 is 38.9. The smallest absolute Gasteiger partial charge is 0.387 e. The number of thiophene rings is 1. The van der Waals surface area contributed by atoms with Gasteiger partial charge in [-0.25, -0.2) is 0 Å². The van der Waals surface area contributed by atoms with Crippen molar-refractivity contribution in [2.24, 2.45) is 0 Å². The van der Waals surface area contributed by atoms with Crippen LogP contribution in [0.4, 0.5) is 13.2 Å². The fraction of sp³-hybridized carbons (Fsp3) is 0.353. The Balaban J connectivity index is 2.08. The molecule has 1 aromatic carbocycles. The molecule has 0 bridgehead atoms. The minimum Gasteiger partial charge on any atom is -0.387 e. The number of carbonyl (C=O) groups is 1. The van der Waals surface area contributed by atoms with Crippen molar-refractivity contribution in [3.63, 3.8) is 0 Å². The third-order valence-electron chi connectivity index (χ3n) is 3.65. The van der Waals surface area contributed by atoms with Crippen LogP contribution in [0, 0.1) is 6.92 Å². The summed E-state index contributed by atoms with van der Waals surface area (Å²) in [6.45, 7) is 3.60. The van der Waals surface area contributed by atoms with Crippen LogP contribution in [0.15, 0.2) is 30.3 Å². The number of benzene rings is 1. The molecule has 3 nitrogen and oxygen atoms in total. The zero-order valence-electron chi connectivity index (χ0n) is 13.3. The molecule has 1 unspecified atom stereocenters. The van der Waals surface area contributed by atoms with Crippen LogP contribution in [0.2, 0.25) is 0 Å². The van der Waals surface area contributed by atoms with E-state index in [0.717, 1.165) is 22.9 Å². The number of carbonyl (C=O) groups excluding carboxylic acids is 1. The number of amides is 1. The lowest BCUT2D eigenvalue weighted by Crippen LogP contribution is -2.28. The van der Waals surface area contributed by atoms with E-state index in [2.05, 4.69) is 5.32 Å². The molecule has 1 heterocycles. The predicted molar refractivity (Wildman–Crippen MR) is 87.2 cm³/mol. The van der Waals surface area contributed by atoms with Crippen molar-refractivity contribution in [1.82, 2.24) is 5.32 Å². The lowest BCUT2D eigenvalue weighted by atomic mass is 10.0. The number of alkyl halides is 3. The van der Waals surface area contributed by atoms with Crippen LogP contribution < -0.4 is 5.32 Å². The van der Waals surface area contributed by atoms with Gasteiger partial charge in [-0.3, -0.25) is 4.79 Å². The third kappa shape index (κ3) is 4.15. The van der Waals surface area contributed by atoms with Crippen LogP contribution >= 0.6 is 11.3 Å². The van der Waals surface area contributed by atoms with Crippen LogP contribution in [0.3, 0.4) is 0 Å². The fourth-order valence-corrected chi connectivity index (χ4v) is 3.45. The van der Waals surface area contributed by atoms with E-state index in [1.54, 1.807) is 6.07 Å². The minimum absolute atomic E-state index is 0.248. The largest absolute Gasteiger partial charge is 0.416 e. The van der Waals surface area contributed by atoms with Crippen LogP contribution in [0.1, 0.15) is 44.3 Å². The van der Waals surface area contributed by atoms with Gasteiger partial charge in [0.2, 0.25) is 0 Å². The molecule has 1 aromatic heterocycles. The molecule has 0 saturated carbocycles. The van der Waals surface area contributed by atoms with Gasteiger partial charge in [0.25, 0.3) is 5.91 Å². The van der Waals surface area contributed by atoms with Gasteiger partial charge < -0.3 is 10.4 Å². The van der Waals surface area contributed by atoms with Crippen molar-refractivity contribution in [3.05, 3.63) is 56.8 Å². The van der Waals surface area contributed by atoms with E-state index >= 15 is 0 Å². The Bertz CT molecular complexity index is 725. The number of halogens is 3. The first-order valence-corrected chi connectivity index (χ1v) is 8.27. The Morgan fingerprint density at radius 2 is 2.00 bits per heavy atom. The van der Waals surface area contributed by atoms with Gasteiger partial charge in [0.15, 0.2) is 0 Å². The maximum atomic E-state index is 13.0. The monoisotopic (exact) mass is 357 g/mol. The second-order valence-electron chi connectivity index (χ2n) is 5.38. The van der Waals surface area contributed by atoms with E-state index in [0.29, 0.717) is 4.88 Å². The van der Waals surface area contributed by atoms with Crippen molar-refractivity contribution >= 4 is 17.2 Å². The number of rotatable bonds is 5. The van der Waals surface area contributed by atoms with Gasteiger partial charge in [-0.15, -0.1) is 11.3 Å². The predicted octanol–water partition coefficient (Wildman–Crippen LogP) is 4.10. The SMILES string of the molecule is CCc1sc(C(=O)NCC(O)c2ccccc2C(F)(F)F)cc1C. The Labute approximate surface area is 142 Å².